The van der Waals surface area contributed by atoms with Gasteiger partial charge in [-0.3, -0.25) is 9.59 Å². The van der Waals surface area contributed by atoms with Gasteiger partial charge in [-0.25, -0.2) is 9.18 Å². The number of esters is 1. The lowest BCUT2D eigenvalue weighted by molar-refractivity contribution is -0.124. The van der Waals surface area contributed by atoms with E-state index in [9.17, 15) is 18.8 Å². The minimum Gasteiger partial charge on any atom is -0.452 e. The van der Waals surface area contributed by atoms with Crippen LogP contribution in [0.4, 0.5) is 10.1 Å². The molecule has 0 bridgehead atoms. The smallest absolute Gasteiger partial charge is 0.338 e. The molecule has 0 heterocycles. The molecule has 6 nitrogen and oxygen atoms in total. The van der Waals surface area contributed by atoms with Crippen LogP contribution in [0.2, 0.25) is 0 Å². The van der Waals surface area contributed by atoms with Gasteiger partial charge in [0, 0.05) is 19.2 Å². The lowest BCUT2D eigenvalue weighted by atomic mass is 10.1. The Morgan fingerprint density at radius 1 is 1.00 bits per heavy atom. The minimum absolute atomic E-state index is 0.211. The number of halogens is 1. The van der Waals surface area contributed by atoms with Gasteiger partial charge in [-0.15, -0.1) is 0 Å². The molecule has 2 aromatic rings. The largest absolute Gasteiger partial charge is 0.452 e. The highest BCUT2D eigenvalue weighted by Gasteiger charge is 2.10. The van der Waals surface area contributed by atoms with Crippen LogP contribution in [-0.2, 0) is 20.7 Å². The summed E-state index contributed by atoms with van der Waals surface area (Å²) in [6, 6.07) is 12.1. The van der Waals surface area contributed by atoms with Gasteiger partial charge in [-0.1, -0.05) is 12.1 Å². The van der Waals surface area contributed by atoms with Crippen molar-refractivity contribution in [1.29, 1.82) is 0 Å². The van der Waals surface area contributed by atoms with Crippen LogP contribution in [0.15, 0.2) is 48.5 Å². The van der Waals surface area contributed by atoms with E-state index in [1.54, 1.807) is 24.3 Å². The highest BCUT2D eigenvalue weighted by molar-refractivity contribution is 5.93. The predicted molar refractivity (Wildman–Crippen MR) is 94.1 cm³/mol. The molecular formula is C19H19FN2O4. The van der Waals surface area contributed by atoms with E-state index in [1.807, 2.05) is 0 Å². The Hall–Kier alpha value is -3.22. The molecule has 2 amide bonds. The van der Waals surface area contributed by atoms with Crippen LogP contribution < -0.4 is 10.6 Å². The summed E-state index contributed by atoms with van der Waals surface area (Å²) in [7, 11) is 0. The summed E-state index contributed by atoms with van der Waals surface area (Å²) in [5.41, 5.74) is 1.73. The van der Waals surface area contributed by atoms with Gasteiger partial charge < -0.3 is 15.4 Å². The molecule has 2 aromatic carbocycles. The number of nitrogens with one attached hydrogen (secondary N) is 2. The highest BCUT2D eigenvalue weighted by atomic mass is 19.1. The Kier molecular flexibility index (Phi) is 6.84. The number of rotatable bonds is 7. The average molecular weight is 358 g/mol. The van der Waals surface area contributed by atoms with Gasteiger partial charge in [0.25, 0.3) is 5.91 Å². The zero-order chi connectivity index (χ0) is 18.9. The van der Waals surface area contributed by atoms with Crippen LogP contribution in [0.25, 0.3) is 0 Å². The molecule has 7 heteroatoms. The van der Waals surface area contributed by atoms with Crippen LogP contribution in [0.3, 0.4) is 0 Å². The number of hydrogen-bond donors (Lipinski definition) is 2. The highest BCUT2D eigenvalue weighted by Crippen LogP contribution is 2.10. The molecule has 0 aliphatic rings. The summed E-state index contributed by atoms with van der Waals surface area (Å²) >= 11 is 0. The minimum atomic E-state index is -0.631. The van der Waals surface area contributed by atoms with Crippen molar-refractivity contribution in [3.8, 4) is 0 Å². The molecule has 0 atom stereocenters. The van der Waals surface area contributed by atoms with Crippen LogP contribution in [0, 0.1) is 5.82 Å². The predicted octanol–water partition coefficient (Wildman–Crippen LogP) is 2.30. The summed E-state index contributed by atoms with van der Waals surface area (Å²) in [4.78, 5) is 34.5. The second-order valence-electron chi connectivity index (χ2n) is 5.56. The van der Waals surface area contributed by atoms with Crippen molar-refractivity contribution in [3.05, 3.63) is 65.5 Å². The monoisotopic (exact) mass is 358 g/mol. The normalized spacial score (nSPS) is 10.1. The third-order valence-corrected chi connectivity index (χ3v) is 3.42. The first-order valence-corrected chi connectivity index (χ1v) is 8.00. The first kappa shape index (κ1) is 19.1. The van der Waals surface area contributed by atoms with E-state index in [2.05, 4.69) is 10.6 Å². The summed E-state index contributed by atoms with van der Waals surface area (Å²) in [6.07, 6.45) is 0.546. The van der Waals surface area contributed by atoms with Gasteiger partial charge in [0.1, 0.15) is 5.82 Å². The van der Waals surface area contributed by atoms with Gasteiger partial charge in [0.15, 0.2) is 6.61 Å². The first-order valence-electron chi connectivity index (χ1n) is 8.00. The van der Waals surface area contributed by atoms with Gasteiger partial charge in [-0.2, -0.15) is 0 Å². The lowest BCUT2D eigenvalue weighted by Crippen LogP contribution is -2.30. The van der Waals surface area contributed by atoms with Crippen LogP contribution in [0.1, 0.15) is 22.8 Å². The average Bonchev–Trinajstić information content (AvgIpc) is 2.61. The lowest BCUT2D eigenvalue weighted by Gasteiger charge is -2.07. The molecule has 0 spiro atoms. The van der Waals surface area contributed by atoms with Crippen molar-refractivity contribution >= 4 is 23.5 Å². The summed E-state index contributed by atoms with van der Waals surface area (Å²) in [5.74, 6) is -1.57. The van der Waals surface area contributed by atoms with E-state index >= 15 is 0 Å². The maximum absolute atomic E-state index is 12.8. The molecule has 2 N–H and O–H groups in total. The Morgan fingerprint density at radius 2 is 1.65 bits per heavy atom. The Labute approximate surface area is 150 Å². The topological polar surface area (TPSA) is 84.5 Å². The number of amides is 2. The van der Waals surface area contributed by atoms with Crippen molar-refractivity contribution in [2.75, 3.05) is 18.5 Å². The number of benzene rings is 2. The molecule has 0 unspecified atom stereocenters. The maximum Gasteiger partial charge on any atom is 0.338 e. The molecule has 136 valence electrons. The SMILES string of the molecule is CC(=O)Nc1ccc(C(=O)OCC(=O)NCCc2ccc(F)cc2)cc1. The number of hydrogen-bond acceptors (Lipinski definition) is 4. The zero-order valence-corrected chi connectivity index (χ0v) is 14.3. The van der Waals surface area contributed by atoms with Crippen LogP contribution in [-0.4, -0.2) is 30.9 Å². The van der Waals surface area contributed by atoms with E-state index < -0.39 is 18.5 Å². The van der Waals surface area contributed by atoms with Gasteiger partial charge in [-0.05, 0) is 48.4 Å². The fourth-order valence-electron chi connectivity index (χ4n) is 2.16. The molecule has 26 heavy (non-hydrogen) atoms. The van der Waals surface area contributed by atoms with Crippen molar-refractivity contribution in [2.24, 2.45) is 0 Å². The van der Waals surface area contributed by atoms with Crippen molar-refractivity contribution < 1.29 is 23.5 Å². The molecule has 0 aromatic heterocycles. The van der Waals surface area contributed by atoms with Crippen molar-refractivity contribution in [3.63, 3.8) is 0 Å². The van der Waals surface area contributed by atoms with Gasteiger partial charge in [0.2, 0.25) is 5.91 Å². The molecule has 2 rings (SSSR count). The van der Waals surface area contributed by atoms with Crippen molar-refractivity contribution in [2.45, 2.75) is 13.3 Å². The second-order valence-corrected chi connectivity index (χ2v) is 5.56. The summed E-state index contributed by atoms with van der Waals surface area (Å²) in [6.45, 7) is 1.35. The molecule has 0 saturated heterocycles. The van der Waals surface area contributed by atoms with Crippen molar-refractivity contribution in [1.82, 2.24) is 5.32 Å². The third-order valence-electron chi connectivity index (χ3n) is 3.42. The molecule has 0 aliphatic carbocycles. The van der Waals surface area contributed by atoms with Gasteiger partial charge >= 0.3 is 5.97 Å². The molecule has 0 fully saturated rings. The fraction of sp³-hybridized carbons (Fsp3) is 0.211. The van der Waals surface area contributed by atoms with E-state index in [4.69, 9.17) is 4.74 Å². The molecule has 0 saturated carbocycles. The maximum atomic E-state index is 12.8. The van der Waals surface area contributed by atoms with E-state index in [1.165, 1.54) is 31.2 Å². The number of ether oxygens (including phenoxy) is 1. The summed E-state index contributed by atoms with van der Waals surface area (Å²) < 4.78 is 17.7. The van der Waals surface area contributed by atoms with Crippen LogP contribution >= 0.6 is 0 Å². The Bertz CT molecular complexity index is 773. The first-order chi connectivity index (χ1) is 12.4. The summed E-state index contributed by atoms with van der Waals surface area (Å²) in [5, 5.41) is 5.21. The number of anilines is 1. The molecular weight excluding hydrogens is 339 g/mol. The van der Waals surface area contributed by atoms with E-state index in [0.717, 1.165) is 5.56 Å². The van der Waals surface area contributed by atoms with E-state index in [-0.39, 0.29) is 17.3 Å². The molecule has 0 aliphatic heterocycles. The molecule has 0 radical (unpaired) electrons. The van der Waals surface area contributed by atoms with Gasteiger partial charge in [0.05, 0.1) is 5.56 Å². The fourth-order valence-corrected chi connectivity index (χ4v) is 2.16. The van der Waals surface area contributed by atoms with E-state index in [0.29, 0.717) is 18.7 Å². The third kappa shape index (κ3) is 6.35. The quantitative estimate of drug-likeness (QED) is 0.744. The van der Waals surface area contributed by atoms with Crippen LogP contribution in [0.5, 0.6) is 0 Å². The number of carbonyl (C=O) groups is 3. The zero-order valence-electron chi connectivity index (χ0n) is 14.3. The number of carbonyl (C=O) groups excluding carboxylic acids is 3. The standard InChI is InChI=1S/C19H19FN2O4/c1-13(23)22-17-8-4-15(5-9-17)19(25)26-12-18(24)21-11-10-14-2-6-16(20)7-3-14/h2-9H,10-12H2,1H3,(H,21,24)(H,22,23). The Morgan fingerprint density at radius 3 is 2.27 bits per heavy atom. The Balaban J connectivity index is 1.71. The second kappa shape index (κ2) is 9.31.